The lowest BCUT2D eigenvalue weighted by Crippen LogP contribution is -2.11. The third-order valence-corrected chi connectivity index (χ3v) is 5.70. The van der Waals surface area contributed by atoms with Crippen molar-refractivity contribution in [1.29, 1.82) is 0 Å². The molecular formula is C26H23F4N3O3. The van der Waals surface area contributed by atoms with E-state index >= 15 is 0 Å². The summed E-state index contributed by atoms with van der Waals surface area (Å²) in [6, 6.07) is 13.4. The lowest BCUT2D eigenvalue weighted by molar-refractivity contribution is -0.140. The fourth-order valence-corrected chi connectivity index (χ4v) is 4.01. The highest BCUT2D eigenvalue weighted by Crippen LogP contribution is 2.37. The molecule has 2 aromatic carbocycles. The van der Waals surface area contributed by atoms with Gasteiger partial charge in [-0.3, -0.25) is 4.79 Å². The Labute approximate surface area is 203 Å². The summed E-state index contributed by atoms with van der Waals surface area (Å²) in [6.45, 7) is 1.12. The molecule has 0 saturated carbocycles. The molecule has 0 saturated heterocycles. The molecule has 0 aliphatic carbocycles. The standard InChI is InChI=1S/C26H23F4N3O3/c27-22-12-16(5-8-21(22)26(28,29)30)19(14-25(34)35)20-15-33-23-13-17(6-7-18(20)23)36-11-3-10-32-24-4-1-2-9-31-24/h1-2,4-9,12-13,15,19,33H,3,10-11,14H2,(H,31,32)(H,34,35). The number of fused-ring (bicyclic) bond motifs is 1. The molecule has 2 aromatic heterocycles. The van der Waals surface area contributed by atoms with Gasteiger partial charge in [0.15, 0.2) is 0 Å². The first kappa shape index (κ1) is 25.0. The van der Waals surface area contributed by atoms with E-state index in [4.69, 9.17) is 4.74 Å². The Kier molecular flexibility index (Phi) is 7.42. The molecule has 0 radical (unpaired) electrons. The Hall–Kier alpha value is -4.08. The van der Waals surface area contributed by atoms with Crippen LogP contribution in [0.4, 0.5) is 23.4 Å². The number of alkyl halides is 3. The molecule has 4 rings (SSSR count). The number of H-pyrrole nitrogens is 1. The Balaban J connectivity index is 1.48. The highest BCUT2D eigenvalue weighted by Gasteiger charge is 2.34. The van der Waals surface area contributed by atoms with E-state index in [0.29, 0.717) is 41.4 Å². The van der Waals surface area contributed by atoms with Crippen molar-refractivity contribution in [3.8, 4) is 5.75 Å². The average molecular weight is 501 g/mol. The van der Waals surface area contributed by atoms with Crippen LogP contribution in [0.25, 0.3) is 10.9 Å². The van der Waals surface area contributed by atoms with Gasteiger partial charge in [0.1, 0.15) is 17.4 Å². The number of pyridine rings is 1. The summed E-state index contributed by atoms with van der Waals surface area (Å²) in [6.07, 6.45) is -1.23. The van der Waals surface area contributed by atoms with Gasteiger partial charge in [0.25, 0.3) is 0 Å². The number of carboxylic acids is 1. The Morgan fingerprint density at radius 2 is 1.97 bits per heavy atom. The number of hydrogen-bond donors (Lipinski definition) is 3. The van der Waals surface area contributed by atoms with Crippen LogP contribution in [-0.4, -0.2) is 34.2 Å². The third kappa shape index (κ3) is 5.94. The van der Waals surface area contributed by atoms with Gasteiger partial charge in [0, 0.05) is 41.8 Å². The fraction of sp³-hybridized carbons (Fsp3) is 0.231. The van der Waals surface area contributed by atoms with Crippen molar-refractivity contribution in [2.24, 2.45) is 0 Å². The quantitative estimate of drug-likeness (QED) is 0.178. The van der Waals surface area contributed by atoms with Crippen LogP contribution in [-0.2, 0) is 11.0 Å². The molecule has 10 heteroatoms. The van der Waals surface area contributed by atoms with E-state index in [1.54, 1.807) is 30.6 Å². The van der Waals surface area contributed by atoms with Gasteiger partial charge in [-0.15, -0.1) is 0 Å². The van der Waals surface area contributed by atoms with Gasteiger partial charge >= 0.3 is 12.1 Å². The van der Waals surface area contributed by atoms with Crippen LogP contribution in [0.2, 0.25) is 0 Å². The smallest absolute Gasteiger partial charge is 0.419 e. The zero-order chi connectivity index (χ0) is 25.7. The molecule has 6 nitrogen and oxygen atoms in total. The van der Waals surface area contributed by atoms with Gasteiger partial charge in [-0.2, -0.15) is 13.2 Å². The molecule has 0 aliphatic heterocycles. The minimum absolute atomic E-state index is 0.143. The molecule has 1 atom stereocenters. The molecule has 0 amide bonds. The van der Waals surface area contributed by atoms with Crippen molar-refractivity contribution in [2.75, 3.05) is 18.5 Å². The van der Waals surface area contributed by atoms with Crippen molar-refractivity contribution in [3.05, 3.63) is 89.5 Å². The summed E-state index contributed by atoms with van der Waals surface area (Å²) in [7, 11) is 0. The third-order valence-electron chi connectivity index (χ3n) is 5.70. The molecule has 0 bridgehead atoms. The Morgan fingerprint density at radius 1 is 1.14 bits per heavy atom. The number of ether oxygens (including phenoxy) is 1. The SMILES string of the molecule is O=C(O)CC(c1ccc(C(F)(F)F)c(F)c1)c1c[nH]c2cc(OCCCNc3ccccn3)ccc12. The van der Waals surface area contributed by atoms with Crippen LogP contribution >= 0.6 is 0 Å². The van der Waals surface area contributed by atoms with Gasteiger partial charge in [-0.05, 0) is 53.9 Å². The van der Waals surface area contributed by atoms with Crippen LogP contribution in [0.3, 0.4) is 0 Å². The zero-order valence-electron chi connectivity index (χ0n) is 19.0. The van der Waals surface area contributed by atoms with E-state index in [-0.39, 0.29) is 5.56 Å². The lowest BCUT2D eigenvalue weighted by atomic mass is 9.87. The zero-order valence-corrected chi connectivity index (χ0v) is 19.0. The highest BCUT2D eigenvalue weighted by atomic mass is 19.4. The molecule has 4 aromatic rings. The van der Waals surface area contributed by atoms with Crippen molar-refractivity contribution < 1.29 is 32.2 Å². The highest BCUT2D eigenvalue weighted by molar-refractivity contribution is 5.86. The first-order chi connectivity index (χ1) is 17.2. The van der Waals surface area contributed by atoms with Gasteiger partial charge in [0.05, 0.1) is 18.6 Å². The minimum atomic E-state index is -4.84. The predicted molar refractivity (Wildman–Crippen MR) is 127 cm³/mol. The van der Waals surface area contributed by atoms with E-state index in [2.05, 4.69) is 15.3 Å². The Bertz CT molecular complexity index is 1340. The number of aliphatic carboxylic acids is 1. The maximum Gasteiger partial charge on any atom is 0.419 e. The van der Waals surface area contributed by atoms with Crippen LogP contribution in [0.5, 0.6) is 5.75 Å². The number of aromatic nitrogens is 2. The summed E-state index contributed by atoms with van der Waals surface area (Å²) in [5, 5.41) is 13.3. The molecule has 188 valence electrons. The second kappa shape index (κ2) is 10.7. The number of hydrogen-bond acceptors (Lipinski definition) is 4. The summed E-state index contributed by atoms with van der Waals surface area (Å²) < 4.78 is 58.9. The summed E-state index contributed by atoms with van der Waals surface area (Å²) in [5.74, 6) is -2.07. The van der Waals surface area contributed by atoms with Gasteiger partial charge in [0.2, 0.25) is 0 Å². The number of benzene rings is 2. The molecular weight excluding hydrogens is 478 g/mol. The van der Waals surface area contributed by atoms with Crippen LogP contribution in [0.15, 0.2) is 67.0 Å². The number of anilines is 1. The monoisotopic (exact) mass is 501 g/mol. The van der Waals surface area contributed by atoms with Crippen molar-refractivity contribution in [2.45, 2.75) is 24.9 Å². The summed E-state index contributed by atoms with van der Waals surface area (Å²) in [5.41, 5.74) is -0.0460. The maximum absolute atomic E-state index is 14.2. The summed E-state index contributed by atoms with van der Waals surface area (Å²) >= 11 is 0. The molecule has 1 unspecified atom stereocenters. The minimum Gasteiger partial charge on any atom is -0.493 e. The topological polar surface area (TPSA) is 87.2 Å². The first-order valence-corrected chi connectivity index (χ1v) is 11.2. The maximum atomic E-state index is 14.2. The second-order valence-corrected chi connectivity index (χ2v) is 8.18. The number of nitrogens with zero attached hydrogens (tertiary/aromatic N) is 1. The number of carboxylic acid groups (broad SMARTS) is 1. The number of nitrogens with one attached hydrogen (secondary N) is 2. The number of carbonyl (C=O) groups is 1. The molecule has 0 spiro atoms. The normalized spacial score (nSPS) is 12.4. The van der Waals surface area contributed by atoms with Crippen molar-refractivity contribution in [1.82, 2.24) is 9.97 Å². The average Bonchev–Trinajstić information content (AvgIpc) is 3.25. The first-order valence-electron chi connectivity index (χ1n) is 11.2. The van der Waals surface area contributed by atoms with E-state index in [0.717, 1.165) is 24.4 Å². The fourth-order valence-electron chi connectivity index (χ4n) is 4.01. The molecule has 36 heavy (non-hydrogen) atoms. The van der Waals surface area contributed by atoms with E-state index in [1.165, 1.54) is 0 Å². The molecule has 0 fully saturated rings. The summed E-state index contributed by atoms with van der Waals surface area (Å²) in [4.78, 5) is 18.8. The number of rotatable bonds is 10. The van der Waals surface area contributed by atoms with E-state index < -0.39 is 35.9 Å². The van der Waals surface area contributed by atoms with Gasteiger partial charge in [-0.25, -0.2) is 9.37 Å². The van der Waals surface area contributed by atoms with Gasteiger partial charge in [-0.1, -0.05) is 12.1 Å². The second-order valence-electron chi connectivity index (χ2n) is 8.18. The van der Waals surface area contributed by atoms with E-state index in [9.17, 15) is 27.5 Å². The number of halogens is 4. The number of aromatic amines is 1. The van der Waals surface area contributed by atoms with Crippen LogP contribution < -0.4 is 10.1 Å². The molecule has 2 heterocycles. The lowest BCUT2D eigenvalue weighted by Gasteiger charge is -2.17. The van der Waals surface area contributed by atoms with Crippen molar-refractivity contribution >= 4 is 22.7 Å². The van der Waals surface area contributed by atoms with Crippen LogP contribution in [0, 0.1) is 5.82 Å². The van der Waals surface area contributed by atoms with Crippen molar-refractivity contribution in [3.63, 3.8) is 0 Å². The predicted octanol–water partition coefficient (Wildman–Crippen LogP) is 6.21. The molecule has 0 aliphatic rings. The Morgan fingerprint density at radius 3 is 2.67 bits per heavy atom. The molecule has 3 N–H and O–H groups in total. The van der Waals surface area contributed by atoms with Gasteiger partial charge < -0.3 is 20.1 Å². The largest absolute Gasteiger partial charge is 0.493 e. The van der Waals surface area contributed by atoms with E-state index in [1.807, 2.05) is 18.2 Å². The van der Waals surface area contributed by atoms with Crippen LogP contribution in [0.1, 0.15) is 35.4 Å².